The number of rotatable bonds is 6. The van der Waals surface area contributed by atoms with Crippen LogP contribution in [0.5, 0.6) is 11.5 Å². The Morgan fingerprint density at radius 2 is 1.80 bits per heavy atom. The van der Waals surface area contributed by atoms with Gasteiger partial charge in [0.15, 0.2) is 11.5 Å². The van der Waals surface area contributed by atoms with Gasteiger partial charge >= 0.3 is 0 Å². The molecule has 2 rings (SSSR count). The third-order valence-corrected chi connectivity index (χ3v) is 3.89. The zero-order chi connectivity index (χ0) is 14.5. The molecule has 0 amide bonds. The number of carbonyl (C=O) groups is 1. The molecule has 1 aromatic carbocycles. The molecule has 0 aliphatic rings. The number of thiophene rings is 1. The van der Waals surface area contributed by atoms with Crippen LogP contribution in [0.15, 0.2) is 29.6 Å². The normalized spacial score (nSPS) is 10.3. The largest absolute Gasteiger partial charge is 0.490 e. The van der Waals surface area contributed by atoms with E-state index in [2.05, 4.69) is 0 Å². The molecule has 4 heteroatoms. The van der Waals surface area contributed by atoms with Crippen molar-refractivity contribution < 1.29 is 14.3 Å². The summed E-state index contributed by atoms with van der Waals surface area (Å²) in [6, 6.07) is 7.30. The molecule has 1 aromatic heterocycles. The van der Waals surface area contributed by atoms with Gasteiger partial charge in [-0.25, -0.2) is 0 Å². The molecule has 0 unspecified atom stereocenters. The first kappa shape index (κ1) is 14.6. The maximum absolute atomic E-state index is 12.5. The van der Waals surface area contributed by atoms with Crippen molar-refractivity contribution in [2.75, 3.05) is 13.2 Å². The minimum atomic E-state index is 0.0292. The molecule has 20 heavy (non-hydrogen) atoms. The summed E-state index contributed by atoms with van der Waals surface area (Å²) in [7, 11) is 0. The zero-order valence-corrected chi connectivity index (χ0v) is 12.8. The lowest BCUT2D eigenvalue weighted by Gasteiger charge is -2.12. The lowest BCUT2D eigenvalue weighted by molar-refractivity contribution is 0.104. The molecule has 0 aliphatic carbocycles. The van der Waals surface area contributed by atoms with Gasteiger partial charge in [0.1, 0.15) is 0 Å². The monoisotopic (exact) mass is 290 g/mol. The van der Waals surface area contributed by atoms with Crippen molar-refractivity contribution in [3.63, 3.8) is 0 Å². The van der Waals surface area contributed by atoms with Gasteiger partial charge in [-0.05, 0) is 56.0 Å². The molecular weight excluding hydrogens is 272 g/mol. The molecule has 3 nitrogen and oxygen atoms in total. The Hall–Kier alpha value is -1.81. The molecule has 0 aliphatic heterocycles. The molecule has 1 heterocycles. The number of ketones is 1. The van der Waals surface area contributed by atoms with Gasteiger partial charge in [0, 0.05) is 5.56 Å². The zero-order valence-electron chi connectivity index (χ0n) is 11.9. The van der Waals surface area contributed by atoms with Crippen LogP contribution in [0, 0.1) is 6.92 Å². The molecule has 0 spiro atoms. The Balaban J connectivity index is 2.35. The third-order valence-electron chi connectivity index (χ3n) is 2.87. The van der Waals surface area contributed by atoms with Gasteiger partial charge in [-0.15, -0.1) is 11.3 Å². The molecule has 0 saturated carbocycles. The molecule has 0 atom stereocenters. The van der Waals surface area contributed by atoms with E-state index in [0.29, 0.717) is 30.3 Å². The predicted molar refractivity (Wildman–Crippen MR) is 81.3 cm³/mol. The Morgan fingerprint density at radius 1 is 1.10 bits per heavy atom. The first-order valence-corrected chi connectivity index (χ1v) is 7.53. The van der Waals surface area contributed by atoms with Gasteiger partial charge in [0.05, 0.1) is 18.1 Å². The minimum absolute atomic E-state index is 0.0292. The standard InChI is InChI=1S/C16H18O3S/c1-4-18-13-7-6-12(10-14(13)19-5-2)15(17)16-11(3)8-9-20-16/h6-10H,4-5H2,1-3H3. The van der Waals surface area contributed by atoms with E-state index >= 15 is 0 Å². The summed E-state index contributed by atoms with van der Waals surface area (Å²) in [4.78, 5) is 13.2. The highest BCUT2D eigenvalue weighted by molar-refractivity contribution is 7.12. The van der Waals surface area contributed by atoms with Crippen LogP contribution in [-0.2, 0) is 0 Å². The average Bonchev–Trinajstić information content (AvgIpc) is 2.86. The van der Waals surface area contributed by atoms with E-state index in [-0.39, 0.29) is 5.78 Å². The Kier molecular flexibility index (Phi) is 4.79. The fraction of sp³-hybridized carbons (Fsp3) is 0.312. The highest BCUT2D eigenvalue weighted by Crippen LogP contribution is 2.30. The summed E-state index contributed by atoms with van der Waals surface area (Å²) in [5.74, 6) is 1.32. The molecule has 0 radical (unpaired) electrons. The van der Waals surface area contributed by atoms with Crippen molar-refractivity contribution in [2.24, 2.45) is 0 Å². The number of aryl methyl sites for hydroxylation is 1. The van der Waals surface area contributed by atoms with Crippen LogP contribution >= 0.6 is 11.3 Å². The summed E-state index contributed by atoms with van der Waals surface area (Å²) in [6.45, 7) is 6.88. The first-order chi connectivity index (χ1) is 9.67. The van der Waals surface area contributed by atoms with E-state index in [4.69, 9.17) is 9.47 Å². The maximum atomic E-state index is 12.5. The van der Waals surface area contributed by atoms with Gasteiger partial charge in [-0.1, -0.05) is 0 Å². The van der Waals surface area contributed by atoms with Gasteiger partial charge in [-0.2, -0.15) is 0 Å². The van der Waals surface area contributed by atoms with E-state index in [1.54, 1.807) is 18.2 Å². The smallest absolute Gasteiger partial charge is 0.203 e. The molecule has 0 saturated heterocycles. The van der Waals surface area contributed by atoms with Crippen molar-refractivity contribution >= 4 is 17.1 Å². The second-order valence-corrected chi connectivity index (χ2v) is 5.21. The number of hydrogen-bond acceptors (Lipinski definition) is 4. The van der Waals surface area contributed by atoms with Gasteiger partial charge in [0.25, 0.3) is 0 Å². The number of hydrogen-bond donors (Lipinski definition) is 0. The Morgan fingerprint density at radius 3 is 2.40 bits per heavy atom. The second-order valence-electron chi connectivity index (χ2n) is 4.29. The first-order valence-electron chi connectivity index (χ1n) is 6.65. The predicted octanol–water partition coefficient (Wildman–Crippen LogP) is 4.08. The SMILES string of the molecule is CCOc1ccc(C(=O)c2sccc2C)cc1OCC. The van der Waals surface area contributed by atoms with Crippen molar-refractivity contribution in [2.45, 2.75) is 20.8 Å². The van der Waals surface area contributed by atoms with Crippen LogP contribution in [0.4, 0.5) is 0 Å². The summed E-state index contributed by atoms with van der Waals surface area (Å²) in [5, 5.41) is 1.93. The van der Waals surface area contributed by atoms with Crippen molar-refractivity contribution in [3.8, 4) is 11.5 Å². The summed E-state index contributed by atoms with van der Waals surface area (Å²) in [6.07, 6.45) is 0. The molecule has 0 N–H and O–H groups in total. The van der Waals surface area contributed by atoms with E-state index in [1.165, 1.54) is 11.3 Å². The van der Waals surface area contributed by atoms with Crippen molar-refractivity contribution in [3.05, 3.63) is 45.6 Å². The fourth-order valence-electron chi connectivity index (χ4n) is 1.93. The minimum Gasteiger partial charge on any atom is -0.490 e. The van der Waals surface area contributed by atoms with Crippen LogP contribution in [0.3, 0.4) is 0 Å². The van der Waals surface area contributed by atoms with E-state index in [0.717, 1.165) is 10.4 Å². The van der Waals surface area contributed by atoms with Crippen LogP contribution < -0.4 is 9.47 Å². The molecule has 0 bridgehead atoms. The van der Waals surface area contributed by atoms with E-state index in [1.807, 2.05) is 32.2 Å². The van der Waals surface area contributed by atoms with Gasteiger partial charge < -0.3 is 9.47 Å². The maximum Gasteiger partial charge on any atom is 0.203 e. The van der Waals surface area contributed by atoms with Crippen molar-refractivity contribution in [1.29, 1.82) is 0 Å². The van der Waals surface area contributed by atoms with Crippen LogP contribution in [0.2, 0.25) is 0 Å². The van der Waals surface area contributed by atoms with E-state index < -0.39 is 0 Å². The molecule has 0 fully saturated rings. The van der Waals surface area contributed by atoms with Gasteiger partial charge in [-0.3, -0.25) is 4.79 Å². The Bertz CT molecular complexity index is 602. The van der Waals surface area contributed by atoms with Crippen LogP contribution in [0.1, 0.15) is 34.6 Å². The van der Waals surface area contributed by atoms with Crippen molar-refractivity contribution in [1.82, 2.24) is 0 Å². The lowest BCUT2D eigenvalue weighted by atomic mass is 10.1. The third kappa shape index (κ3) is 3.02. The lowest BCUT2D eigenvalue weighted by Crippen LogP contribution is -2.03. The molecule has 106 valence electrons. The Labute approximate surface area is 123 Å². The highest BCUT2D eigenvalue weighted by Gasteiger charge is 2.16. The van der Waals surface area contributed by atoms with Gasteiger partial charge in [0.2, 0.25) is 5.78 Å². The number of ether oxygens (including phenoxy) is 2. The summed E-state index contributed by atoms with van der Waals surface area (Å²) >= 11 is 1.46. The highest BCUT2D eigenvalue weighted by atomic mass is 32.1. The molecule has 2 aromatic rings. The molecular formula is C16H18O3S. The second kappa shape index (κ2) is 6.57. The summed E-state index contributed by atoms with van der Waals surface area (Å²) < 4.78 is 11.1. The summed E-state index contributed by atoms with van der Waals surface area (Å²) in [5.41, 5.74) is 1.63. The topological polar surface area (TPSA) is 35.5 Å². The number of carbonyl (C=O) groups excluding carboxylic acids is 1. The van der Waals surface area contributed by atoms with Crippen LogP contribution in [0.25, 0.3) is 0 Å². The quantitative estimate of drug-likeness (QED) is 0.752. The van der Waals surface area contributed by atoms with Crippen LogP contribution in [-0.4, -0.2) is 19.0 Å². The van der Waals surface area contributed by atoms with E-state index in [9.17, 15) is 4.79 Å². The average molecular weight is 290 g/mol. The fourth-order valence-corrected chi connectivity index (χ4v) is 2.82. The number of benzene rings is 1.